The number of aromatic nitrogens is 4. The number of fused-ring (bicyclic) bond motifs is 1. The quantitative estimate of drug-likeness (QED) is 0.540. The number of para-hydroxylation sites is 2. The smallest absolute Gasteiger partial charge is 0.233 e. The van der Waals surface area contributed by atoms with E-state index < -0.39 is 0 Å². The molecule has 0 saturated carbocycles. The fraction of sp³-hybridized carbons (Fsp3) is 0.364. The first-order valence-electron chi connectivity index (χ1n) is 10.2. The minimum atomic E-state index is 0.0642. The maximum Gasteiger partial charge on any atom is 0.233 e. The van der Waals surface area contributed by atoms with Gasteiger partial charge in [-0.1, -0.05) is 48.2 Å². The van der Waals surface area contributed by atoms with Gasteiger partial charge in [0.15, 0.2) is 0 Å². The molecule has 1 unspecified atom stereocenters. The van der Waals surface area contributed by atoms with Crippen molar-refractivity contribution in [2.75, 3.05) is 19.4 Å². The number of hydrogen-bond donors (Lipinski definition) is 0. The third-order valence-corrected chi connectivity index (χ3v) is 6.26. The third kappa shape index (κ3) is 4.18. The van der Waals surface area contributed by atoms with Crippen molar-refractivity contribution in [3.63, 3.8) is 0 Å². The molecule has 8 heteroatoms. The molecule has 1 aliphatic rings. The summed E-state index contributed by atoms with van der Waals surface area (Å²) >= 11 is 1.34. The second kappa shape index (κ2) is 9.30. The van der Waals surface area contributed by atoms with Crippen molar-refractivity contribution in [1.82, 2.24) is 25.1 Å². The summed E-state index contributed by atoms with van der Waals surface area (Å²) in [5.74, 6) is 1.04. The van der Waals surface area contributed by atoms with Crippen molar-refractivity contribution < 1.29 is 9.53 Å². The molecule has 1 aliphatic carbocycles. The molecule has 0 N–H and O–H groups in total. The maximum atomic E-state index is 13.0. The molecule has 3 aromatic rings. The Kier molecular flexibility index (Phi) is 6.32. The van der Waals surface area contributed by atoms with Crippen molar-refractivity contribution >= 4 is 17.7 Å². The lowest BCUT2D eigenvalue weighted by Crippen LogP contribution is -2.34. The highest BCUT2D eigenvalue weighted by Gasteiger charge is 2.27. The molecule has 1 amide bonds. The van der Waals surface area contributed by atoms with Gasteiger partial charge in [-0.15, -0.1) is 5.10 Å². The normalized spacial score (nSPS) is 15.5. The molecule has 0 radical (unpaired) electrons. The number of amides is 1. The highest BCUT2D eigenvalue weighted by atomic mass is 32.2. The Morgan fingerprint density at radius 3 is 2.90 bits per heavy atom. The Morgan fingerprint density at radius 2 is 2.03 bits per heavy atom. The first kappa shape index (κ1) is 20.4. The fourth-order valence-electron chi connectivity index (χ4n) is 3.86. The number of thioether (sulfide) groups is 1. The summed E-state index contributed by atoms with van der Waals surface area (Å²) in [6.07, 6.45) is 3.17. The third-order valence-electron chi connectivity index (χ3n) is 5.36. The molecule has 7 nitrogen and oxygen atoms in total. The lowest BCUT2D eigenvalue weighted by molar-refractivity contribution is -0.129. The van der Waals surface area contributed by atoms with E-state index in [1.165, 1.54) is 22.9 Å². The van der Waals surface area contributed by atoms with Crippen molar-refractivity contribution in [1.29, 1.82) is 0 Å². The number of nitrogens with zero attached hydrogens (tertiary/aromatic N) is 5. The van der Waals surface area contributed by atoms with Gasteiger partial charge in [-0.25, -0.2) is 0 Å². The lowest BCUT2D eigenvalue weighted by atomic mass is 9.87. The van der Waals surface area contributed by atoms with Crippen LogP contribution in [0.3, 0.4) is 0 Å². The van der Waals surface area contributed by atoms with Crippen LogP contribution in [0.5, 0.6) is 5.75 Å². The molecule has 2 aromatic carbocycles. The molecular formula is C22H25N5O2S. The van der Waals surface area contributed by atoms with E-state index in [4.69, 9.17) is 4.74 Å². The van der Waals surface area contributed by atoms with Crippen LogP contribution >= 0.6 is 11.8 Å². The Morgan fingerprint density at radius 1 is 1.23 bits per heavy atom. The van der Waals surface area contributed by atoms with Gasteiger partial charge in [0.2, 0.25) is 11.1 Å². The highest BCUT2D eigenvalue weighted by molar-refractivity contribution is 7.99. The average molecular weight is 424 g/mol. The Balaban J connectivity index is 1.47. The number of ether oxygens (including phenoxy) is 1. The van der Waals surface area contributed by atoms with Crippen LogP contribution in [-0.4, -0.2) is 50.4 Å². The molecule has 0 saturated heterocycles. The fourth-order valence-corrected chi connectivity index (χ4v) is 4.67. The standard InChI is InChI=1S/C22H25N5O2S/c1-3-29-20-14-7-6-12-19(20)27-22(23-24-25-27)30-15-21(28)26(2)18-13-8-10-16-9-4-5-11-17(16)18/h4-7,9,11-12,14,18H,3,8,10,13,15H2,1-2H3. The van der Waals surface area contributed by atoms with E-state index in [1.807, 2.05) is 49.2 Å². The minimum Gasteiger partial charge on any atom is -0.492 e. The Bertz CT molecular complexity index is 1020. The van der Waals surface area contributed by atoms with Crippen LogP contribution in [0.25, 0.3) is 5.69 Å². The zero-order valence-corrected chi connectivity index (χ0v) is 18.0. The summed E-state index contributed by atoms with van der Waals surface area (Å²) in [6, 6.07) is 16.1. The lowest BCUT2D eigenvalue weighted by Gasteiger charge is -2.33. The number of benzene rings is 2. The maximum absolute atomic E-state index is 13.0. The van der Waals surface area contributed by atoms with Crippen LogP contribution in [0.1, 0.15) is 36.9 Å². The molecule has 156 valence electrons. The minimum absolute atomic E-state index is 0.0642. The first-order valence-corrected chi connectivity index (χ1v) is 11.1. The van der Waals surface area contributed by atoms with Crippen LogP contribution in [0.2, 0.25) is 0 Å². The predicted molar refractivity (Wildman–Crippen MR) is 116 cm³/mol. The Labute approximate surface area is 180 Å². The van der Waals surface area contributed by atoms with Gasteiger partial charge in [0.05, 0.1) is 18.4 Å². The molecule has 30 heavy (non-hydrogen) atoms. The first-order chi connectivity index (χ1) is 14.7. The van der Waals surface area contributed by atoms with Gasteiger partial charge in [0, 0.05) is 7.05 Å². The van der Waals surface area contributed by atoms with E-state index in [2.05, 4.69) is 33.7 Å². The molecule has 1 heterocycles. The van der Waals surface area contributed by atoms with E-state index in [9.17, 15) is 4.79 Å². The van der Waals surface area contributed by atoms with E-state index in [1.54, 1.807) is 4.68 Å². The van der Waals surface area contributed by atoms with Crippen molar-refractivity contribution in [2.24, 2.45) is 0 Å². The van der Waals surface area contributed by atoms with Gasteiger partial charge >= 0.3 is 0 Å². The van der Waals surface area contributed by atoms with Crippen LogP contribution in [-0.2, 0) is 11.2 Å². The van der Waals surface area contributed by atoms with E-state index in [0.717, 1.165) is 24.9 Å². The monoisotopic (exact) mass is 423 g/mol. The molecule has 0 bridgehead atoms. The second-order valence-corrected chi connectivity index (χ2v) is 8.12. The van der Waals surface area contributed by atoms with Crippen LogP contribution in [0.15, 0.2) is 53.7 Å². The zero-order valence-electron chi connectivity index (χ0n) is 17.2. The summed E-state index contributed by atoms with van der Waals surface area (Å²) in [4.78, 5) is 14.8. The number of rotatable bonds is 7. The van der Waals surface area contributed by atoms with Crippen molar-refractivity contribution in [3.05, 3.63) is 59.7 Å². The highest BCUT2D eigenvalue weighted by Crippen LogP contribution is 2.34. The topological polar surface area (TPSA) is 73.1 Å². The number of carbonyl (C=O) groups is 1. The molecule has 1 atom stereocenters. The number of tetrazole rings is 1. The van der Waals surface area contributed by atoms with Gasteiger partial charge in [-0.05, 0) is 59.9 Å². The van der Waals surface area contributed by atoms with E-state index in [0.29, 0.717) is 17.5 Å². The van der Waals surface area contributed by atoms with Gasteiger partial charge < -0.3 is 9.64 Å². The molecule has 1 aromatic heterocycles. The van der Waals surface area contributed by atoms with Crippen LogP contribution in [0.4, 0.5) is 0 Å². The average Bonchev–Trinajstić information content (AvgIpc) is 3.25. The zero-order chi connectivity index (χ0) is 20.9. The summed E-state index contributed by atoms with van der Waals surface area (Å²) in [5.41, 5.74) is 3.37. The van der Waals surface area contributed by atoms with Crippen molar-refractivity contribution in [3.8, 4) is 11.4 Å². The van der Waals surface area contributed by atoms with Gasteiger partial charge in [0.1, 0.15) is 11.4 Å². The molecule has 0 spiro atoms. The number of hydrogen-bond acceptors (Lipinski definition) is 6. The summed E-state index contributed by atoms with van der Waals surface area (Å²) in [5, 5.41) is 12.6. The summed E-state index contributed by atoms with van der Waals surface area (Å²) in [6.45, 7) is 2.48. The van der Waals surface area contributed by atoms with Crippen LogP contribution < -0.4 is 4.74 Å². The van der Waals surface area contributed by atoms with E-state index >= 15 is 0 Å². The number of carbonyl (C=O) groups excluding carboxylic acids is 1. The number of aryl methyl sites for hydroxylation is 1. The second-order valence-electron chi connectivity index (χ2n) is 7.17. The van der Waals surface area contributed by atoms with Crippen LogP contribution in [0, 0.1) is 0 Å². The molecule has 0 aliphatic heterocycles. The molecule has 0 fully saturated rings. The van der Waals surface area contributed by atoms with Gasteiger partial charge in [0.25, 0.3) is 0 Å². The predicted octanol–water partition coefficient (Wildman–Crippen LogP) is 3.69. The SMILES string of the molecule is CCOc1ccccc1-n1nnnc1SCC(=O)N(C)C1CCCc2ccccc21. The largest absolute Gasteiger partial charge is 0.492 e. The Hall–Kier alpha value is -2.87. The summed E-state index contributed by atoms with van der Waals surface area (Å²) < 4.78 is 7.32. The molecular weight excluding hydrogens is 398 g/mol. The van der Waals surface area contributed by atoms with Gasteiger partial charge in [-0.2, -0.15) is 4.68 Å². The van der Waals surface area contributed by atoms with E-state index in [-0.39, 0.29) is 17.7 Å². The molecule has 4 rings (SSSR count). The van der Waals surface area contributed by atoms with Gasteiger partial charge in [-0.3, -0.25) is 4.79 Å². The summed E-state index contributed by atoms with van der Waals surface area (Å²) in [7, 11) is 1.89. The van der Waals surface area contributed by atoms with Crippen molar-refractivity contribution in [2.45, 2.75) is 37.4 Å².